The maximum atomic E-state index is 13.0. The molecule has 0 spiro atoms. The van der Waals surface area contributed by atoms with Gasteiger partial charge in [0.2, 0.25) is 0 Å². The number of hydrogen-bond acceptors (Lipinski definition) is 4. The van der Waals surface area contributed by atoms with Gasteiger partial charge in [-0.15, -0.1) is 0 Å². The van der Waals surface area contributed by atoms with Crippen LogP contribution in [0.1, 0.15) is 21.6 Å². The van der Waals surface area contributed by atoms with Crippen molar-refractivity contribution in [3.63, 3.8) is 0 Å². The van der Waals surface area contributed by atoms with E-state index in [2.05, 4.69) is 10.1 Å². The summed E-state index contributed by atoms with van der Waals surface area (Å²) >= 11 is 0. The summed E-state index contributed by atoms with van der Waals surface area (Å²) in [5, 5.41) is 5.31. The highest BCUT2D eigenvalue weighted by molar-refractivity contribution is 5.98. The van der Waals surface area contributed by atoms with E-state index in [1.54, 1.807) is 25.3 Å². The summed E-state index contributed by atoms with van der Waals surface area (Å²) < 4.78 is 7.06. The van der Waals surface area contributed by atoms with Gasteiger partial charge in [0, 0.05) is 36.8 Å². The van der Waals surface area contributed by atoms with Gasteiger partial charge in [-0.2, -0.15) is 5.10 Å². The average molecular weight is 386 g/mol. The van der Waals surface area contributed by atoms with Crippen molar-refractivity contribution in [3.05, 3.63) is 83.8 Å². The minimum Gasteiger partial charge on any atom is -0.497 e. The summed E-state index contributed by atoms with van der Waals surface area (Å²) in [6.45, 7) is 2.32. The second kappa shape index (κ2) is 7.75. The summed E-state index contributed by atoms with van der Waals surface area (Å²) in [6, 6.07) is 17.4. The molecule has 0 saturated heterocycles. The Morgan fingerprint density at radius 2 is 1.93 bits per heavy atom. The van der Waals surface area contributed by atoms with E-state index in [1.165, 1.54) is 0 Å². The van der Waals surface area contributed by atoms with Crippen LogP contribution in [0.3, 0.4) is 0 Å². The number of nitrogens with zero attached hydrogens (tertiary/aromatic N) is 4. The number of carbonyl (C=O) groups excluding carboxylic acids is 1. The molecular formula is C23H22N4O2. The molecule has 1 amide bonds. The molecule has 0 aliphatic rings. The monoisotopic (exact) mass is 386 g/mol. The Morgan fingerprint density at radius 1 is 1.14 bits per heavy atom. The van der Waals surface area contributed by atoms with Gasteiger partial charge in [0.25, 0.3) is 5.91 Å². The molecule has 146 valence electrons. The van der Waals surface area contributed by atoms with Crippen molar-refractivity contribution in [1.82, 2.24) is 19.7 Å². The number of aryl methyl sites for hydroxylation is 1. The number of hydrogen-bond donors (Lipinski definition) is 0. The van der Waals surface area contributed by atoms with Gasteiger partial charge < -0.3 is 9.64 Å². The first-order chi connectivity index (χ1) is 14.0. The summed E-state index contributed by atoms with van der Waals surface area (Å²) in [6.07, 6.45) is 3.73. The van der Waals surface area contributed by atoms with Crippen LogP contribution in [0.4, 0.5) is 0 Å². The fourth-order valence-corrected chi connectivity index (χ4v) is 3.30. The molecule has 0 N–H and O–H groups in total. The normalized spacial score (nSPS) is 10.9. The van der Waals surface area contributed by atoms with Crippen LogP contribution in [0.2, 0.25) is 0 Å². The maximum Gasteiger partial charge on any atom is 0.255 e. The second-order valence-electron chi connectivity index (χ2n) is 6.97. The zero-order valence-electron chi connectivity index (χ0n) is 16.7. The van der Waals surface area contributed by atoms with Crippen molar-refractivity contribution in [2.24, 2.45) is 0 Å². The highest BCUT2D eigenvalue weighted by Gasteiger charge is 2.17. The first kappa shape index (κ1) is 18.7. The Bertz CT molecular complexity index is 1170. The number of pyridine rings is 1. The SMILES string of the molecule is COc1ccc2cc(C(=O)N(C)Cc3cnn(-c4ccccc4)c3)c(C)nc2c1. The molecule has 4 rings (SSSR count). The predicted octanol–water partition coefficient (Wildman–Crippen LogP) is 4.01. The van der Waals surface area contributed by atoms with Crippen LogP contribution >= 0.6 is 0 Å². The molecule has 2 aromatic carbocycles. The van der Waals surface area contributed by atoms with Crippen LogP contribution in [0.5, 0.6) is 5.75 Å². The third-order valence-electron chi connectivity index (χ3n) is 4.87. The van der Waals surface area contributed by atoms with Gasteiger partial charge in [-0.05, 0) is 37.3 Å². The largest absolute Gasteiger partial charge is 0.497 e. The van der Waals surface area contributed by atoms with Crippen molar-refractivity contribution in [3.8, 4) is 11.4 Å². The number of aromatic nitrogens is 3. The molecule has 0 atom stereocenters. The van der Waals surface area contributed by atoms with Gasteiger partial charge in [0.05, 0.1) is 35.8 Å². The Hall–Kier alpha value is -3.67. The topological polar surface area (TPSA) is 60.2 Å². The van der Waals surface area contributed by atoms with Crippen molar-refractivity contribution >= 4 is 16.8 Å². The molecule has 2 aromatic heterocycles. The molecule has 0 radical (unpaired) electrons. The van der Waals surface area contributed by atoms with Crippen molar-refractivity contribution in [2.75, 3.05) is 14.2 Å². The fourth-order valence-electron chi connectivity index (χ4n) is 3.30. The zero-order valence-corrected chi connectivity index (χ0v) is 16.7. The number of amides is 1. The van der Waals surface area contributed by atoms with Gasteiger partial charge in [-0.1, -0.05) is 18.2 Å². The van der Waals surface area contributed by atoms with E-state index in [0.717, 1.165) is 27.9 Å². The van der Waals surface area contributed by atoms with Gasteiger partial charge >= 0.3 is 0 Å². The molecule has 6 nitrogen and oxygen atoms in total. The van der Waals surface area contributed by atoms with Crippen molar-refractivity contribution in [1.29, 1.82) is 0 Å². The minimum atomic E-state index is -0.0693. The van der Waals surface area contributed by atoms with Crippen LogP contribution in [0.25, 0.3) is 16.6 Å². The Morgan fingerprint density at radius 3 is 2.69 bits per heavy atom. The van der Waals surface area contributed by atoms with E-state index in [1.807, 2.05) is 72.4 Å². The lowest BCUT2D eigenvalue weighted by Gasteiger charge is -2.18. The molecule has 29 heavy (non-hydrogen) atoms. The molecule has 0 aliphatic carbocycles. The molecule has 2 heterocycles. The number of methoxy groups -OCH3 is 1. The maximum absolute atomic E-state index is 13.0. The van der Waals surface area contributed by atoms with E-state index < -0.39 is 0 Å². The number of para-hydroxylation sites is 1. The zero-order chi connectivity index (χ0) is 20.4. The molecule has 4 aromatic rings. The van der Waals surface area contributed by atoms with Crippen LogP contribution in [-0.4, -0.2) is 39.7 Å². The third-order valence-corrected chi connectivity index (χ3v) is 4.87. The van der Waals surface area contributed by atoms with E-state index in [4.69, 9.17) is 4.74 Å². The molecule has 0 fully saturated rings. The fraction of sp³-hybridized carbons (Fsp3) is 0.174. The number of carbonyl (C=O) groups is 1. The van der Waals surface area contributed by atoms with Gasteiger partial charge in [-0.25, -0.2) is 4.68 Å². The predicted molar refractivity (Wildman–Crippen MR) is 112 cm³/mol. The lowest BCUT2D eigenvalue weighted by molar-refractivity contribution is 0.0784. The van der Waals surface area contributed by atoms with Gasteiger partial charge in [0.1, 0.15) is 5.75 Å². The number of ether oxygens (including phenoxy) is 1. The highest BCUT2D eigenvalue weighted by Crippen LogP contribution is 2.22. The highest BCUT2D eigenvalue weighted by atomic mass is 16.5. The summed E-state index contributed by atoms with van der Waals surface area (Å²) in [7, 11) is 3.42. The lowest BCUT2D eigenvalue weighted by Crippen LogP contribution is -2.27. The minimum absolute atomic E-state index is 0.0693. The van der Waals surface area contributed by atoms with Gasteiger partial charge in [-0.3, -0.25) is 9.78 Å². The molecular weight excluding hydrogens is 364 g/mol. The molecule has 0 bridgehead atoms. The van der Waals surface area contributed by atoms with Gasteiger partial charge in [0.15, 0.2) is 0 Å². The average Bonchev–Trinajstić information content (AvgIpc) is 3.21. The summed E-state index contributed by atoms with van der Waals surface area (Å²) in [5.41, 5.74) is 4.05. The second-order valence-corrected chi connectivity index (χ2v) is 6.97. The van der Waals surface area contributed by atoms with E-state index >= 15 is 0 Å². The lowest BCUT2D eigenvalue weighted by atomic mass is 10.1. The quantitative estimate of drug-likeness (QED) is 0.520. The van der Waals surface area contributed by atoms with E-state index in [0.29, 0.717) is 17.8 Å². The Kier molecular flexibility index (Phi) is 4.99. The van der Waals surface area contributed by atoms with E-state index in [-0.39, 0.29) is 5.91 Å². The van der Waals surface area contributed by atoms with Crippen LogP contribution < -0.4 is 4.74 Å². The van der Waals surface area contributed by atoms with Crippen LogP contribution in [0.15, 0.2) is 67.0 Å². The number of rotatable bonds is 5. The first-order valence-electron chi connectivity index (χ1n) is 9.35. The number of benzene rings is 2. The van der Waals surface area contributed by atoms with Crippen molar-refractivity contribution < 1.29 is 9.53 Å². The molecule has 0 saturated carbocycles. The Balaban J connectivity index is 1.55. The molecule has 6 heteroatoms. The summed E-state index contributed by atoms with van der Waals surface area (Å²) in [4.78, 5) is 19.3. The molecule has 0 aliphatic heterocycles. The third kappa shape index (κ3) is 3.82. The first-order valence-corrected chi connectivity index (χ1v) is 9.35. The number of fused-ring (bicyclic) bond motifs is 1. The van der Waals surface area contributed by atoms with Crippen LogP contribution in [0, 0.1) is 6.92 Å². The van der Waals surface area contributed by atoms with Crippen LogP contribution in [-0.2, 0) is 6.54 Å². The Labute approximate surface area is 169 Å². The smallest absolute Gasteiger partial charge is 0.255 e. The van der Waals surface area contributed by atoms with E-state index in [9.17, 15) is 4.79 Å². The molecule has 0 unspecified atom stereocenters. The standard InChI is InChI=1S/C23H22N4O2/c1-16-21(11-18-9-10-20(29-3)12-22(18)25-16)23(28)26(2)14-17-13-24-27(15-17)19-7-5-4-6-8-19/h4-13,15H,14H2,1-3H3. The summed E-state index contributed by atoms with van der Waals surface area (Å²) in [5.74, 6) is 0.677. The van der Waals surface area contributed by atoms with Crippen molar-refractivity contribution in [2.45, 2.75) is 13.5 Å².